The topological polar surface area (TPSA) is 71.4 Å². The third-order valence-electron chi connectivity index (χ3n) is 3.04. The molecule has 0 saturated heterocycles. The summed E-state index contributed by atoms with van der Waals surface area (Å²) in [5.74, 6) is 1.63. The van der Waals surface area contributed by atoms with Gasteiger partial charge in [0.25, 0.3) is 11.9 Å². The molecule has 3 aromatic rings. The van der Waals surface area contributed by atoms with E-state index in [-0.39, 0.29) is 17.6 Å². The Bertz CT molecular complexity index is 735. The summed E-state index contributed by atoms with van der Waals surface area (Å²) in [6.45, 7) is 0.376. The lowest BCUT2D eigenvalue weighted by Gasteiger charge is -2.13. The Morgan fingerprint density at radius 1 is 1.27 bits per heavy atom. The van der Waals surface area contributed by atoms with Gasteiger partial charge in [-0.15, -0.1) is 0 Å². The van der Waals surface area contributed by atoms with E-state index in [1.54, 1.807) is 31.6 Å². The van der Waals surface area contributed by atoms with E-state index in [9.17, 15) is 4.79 Å². The standard InChI is InChI=1S/C16H15N3O3/c1-19(11-14-17-9-10-18-14)16(20)13-7-8-15(22-13)21-12-5-3-2-4-6-12/h2-10H,11H2,1H3,(H,17,18). The van der Waals surface area contributed by atoms with E-state index < -0.39 is 0 Å². The molecule has 0 aliphatic heterocycles. The number of nitrogens with zero attached hydrogens (tertiary/aromatic N) is 2. The van der Waals surface area contributed by atoms with E-state index in [4.69, 9.17) is 9.15 Å². The number of rotatable bonds is 5. The Hall–Kier alpha value is -3.02. The molecule has 0 aliphatic carbocycles. The minimum atomic E-state index is -0.237. The maximum Gasteiger partial charge on any atom is 0.290 e. The van der Waals surface area contributed by atoms with Crippen LogP contribution in [0.1, 0.15) is 16.4 Å². The molecule has 3 rings (SSSR count). The molecule has 2 aromatic heterocycles. The van der Waals surface area contributed by atoms with Gasteiger partial charge in [0.2, 0.25) is 0 Å². The molecular formula is C16H15N3O3. The summed E-state index contributed by atoms with van der Waals surface area (Å²) in [4.78, 5) is 20.8. The van der Waals surface area contributed by atoms with Crippen molar-refractivity contribution in [3.05, 3.63) is 66.4 Å². The number of amides is 1. The minimum absolute atomic E-state index is 0.222. The highest BCUT2D eigenvalue weighted by Gasteiger charge is 2.17. The van der Waals surface area contributed by atoms with E-state index in [1.807, 2.05) is 30.3 Å². The second-order valence-electron chi connectivity index (χ2n) is 4.73. The molecule has 1 N–H and O–H groups in total. The Balaban J connectivity index is 1.66. The molecule has 1 aromatic carbocycles. The first kappa shape index (κ1) is 13.9. The Labute approximate surface area is 127 Å². The number of hydrogen-bond donors (Lipinski definition) is 1. The quantitative estimate of drug-likeness (QED) is 0.785. The van der Waals surface area contributed by atoms with E-state index in [0.29, 0.717) is 18.1 Å². The van der Waals surface area contributed by atoms with Crippen LogP contribution in [0.15, 0.2) is 59.3 Å². The molecule has 0 aliphatic rings. The molecule has 0 fully saturated rings. The number of ether oxygens (including phenoxy) is 1. The van der Waals surface area contributed by atoms with Crippen LogP contribution in [0.4, 0.5) is 0 Å². The average molecular weight is 297 g/mol. The molecule has 112 valence electrons. The SMILES string of the molecule is CN(Cc1ncc[nH]1)C(=O)c1ccc(Oc2ccccc2)o1. The van der Waals surface area contributed by atoms with Gasteiger partial charge in [-0.25, -0.2) is 4.98 Å². The number of carbonyl (C=O) groups excluding carboxylic acids is 1. The lowest BCUT2D eigenvalue weighted by atomic mass is 10.3. The molecular weight excluding hydrogens is 282 g/mol. The Morgan fingerprint density at radius 2 is 2.09 bits per heavy atom. The monoisotopic (exact) mass is 297 g/mol. The summed E-state index contributed by atoms with van der Waals surface area (Å²) in [6.07, 6.45) is 3.36. The average Bonchev–Trinajstić information content (AvgIpc) is 3.19. The molecule has 0 atom stereocenters. The van der Waals surface area contributed by atoms with Gasteiger partial charge < -0.3 is 19.0 Å². The van der Waals surface area contributed by atoms with Crippen LogP contribution in [0.5, 0.6) is 11.7 Å². The third kappa shape index (κ3) is 3.17. The van der Waals surface area contributed by atoms with Crippen LogP contribution in [-0.4, -0.2) is 27.8 Å². The number of H-pyrrole nitrogens is 1. The Kier molecular flexibility index (Phi) is 3.91. The van der Waals surface area contributed by atoms with Gasteiger partial charge in [0.15, 0.2) is 5.76 Å². The first-order chi connectivity index (χ1) is 10.7. The minimum Gasteiger partial charge on any atom is -0.426 e. The molecule has 0 radical (unpaired) electrons. The van der Waals surface area contributed by atoms with Crippen LogP contribution in [0.2, 0.25) is 0 Å². The van der Waals surface area contributed by atoms with Crippen LogP contribution in [0, 0.1) is 0 Å². The fourth-order valence-electron chi connectivity index (χ4n) is 1.96. The lowest BCUT2D eigenvalue weighted by molar-refractivity contribution is 0.0745. The number of para-hydroxylation sites is 1. The Morgan fingerprint density at radius 3 is 2.82 bits per heavy atom. The van der Waals surface area contributed by atoms with Crippen molar-refractivity contribution in [2.24, 2.45) is 0 Å². The molecule has 22 heavy (non-hydrogen) atoms. The zero-order valence-electron chi connectivity index (χ0n) is 12.0. The number of aromatic nitrogens is 2. The van der Waals surface area contributed by atoms with E-state index in [2.05, 4.69) is 9.97 Å². The molecule has 0 unspecified atom stereocenters. The predicted molar refractivity (Wildman–Crippen MR) is 79.6 cm³/mol. The second kappa shape index (κ2) is 6.17. The van der Waals surface area contributed by atoms with E-state index >= 15 is 0 Å². The van der Waals surface area contributed by atoms with Gasteiger partial charge in [-0.3, -0.25) is 4.79 Å². The molecule has 2 heterocycles. The summed E-state index contributed by atoms with van der Waals surface area (Å²) < 4.78 is 11.0. The van der Waals surface area contributed by atoms with Crippen molar-refractivity contribution in [2.75, 3.05) is 7.05 Å². The summed E-state index contributed by atoms with van der Waals surface area (Å²) in [7, 11) is 1.69. The highest BCUT2D eigenvalue weighted by atomic mass is 16.6. The van der Waals surface area contributed by atoms with Crippen molar-refractivity contribution in [3.63, 3.8) is 0 Å². The van der Waals surface area contributed by atoms with Gasteiger partial charge in [0.1, 0.15) is 11.6 Å². The van der Waals surface area contributed by atoms with Crippen molar-refractivity contribution in [1.29, 1.82) is 0 Å². The number of benzene rings is 1. The van der Waals surface area contributed by atoms with Gasteiger partial charge in [-0.05, 0) is 18.2 Å². The van der Waals surface area contributed by atoms with Crippen LogP contribution >= 0.6 is 0 Å². The fraction of sp³-hybridized carbons (Fsp3) is 0.125. The highest BCUT2D eigenvalue weighted by molar-refractivity contribution is 5.91. The molecule has 0 spiro atoms. The molecule has 6 nitrogen and oxygen atoms in total. The number of furan rings is 1. The maximum absolute atomic E-state index is 12.3. The second-order valence-corrected chi connectivity index (χ2v) is 4.73. The normalized spacial score (nSPS) is 10.4. The summed E-state index contributed by atoms with van der Waals surface area (Å²) in [5, 5.41) is 0. The zero-order valence-corrected chi connectivity index (χ0v) is 12.0. The predicted octanol–water partition coefficient (Wildman–Crippen LogP) is 3.07. The van der Waals surface area contributed by atoms with Crippen molar-refractivity contribution < 1.29 is 13.9 Å². The molecule has 0 saturated carbocycles. The maximum atomic E-state index is 12.3. The molecule has 1 amide bonds. The fourth-order valence-corrected chi connectivity index (χ4v) is 1.96. The summed E-state index contributed by atoms with van der Waals surface area (Å²) in [5.41, 5.74) is 0. The highest BCUT2D eigenvalue weighted by Crippen LogP contribution is 2.24. The van der Waals surface area contributed by atoms with Gasteiger partial charge in [-0.1, -0.05) is 18.2 Å². The van der Waals surface area contributed by atoms with Crippen LogP contribution in [-0.2, 0) is 6.54 Å². The summed E-state index contributed by atoms with van der Waals surface area (Å²) in [6, 6.07) is 12.5. The van der Waals surface area contributed by atoms with Gasteiger partial charge in [0.05, 0.1) is 6.54 Å². The van der Waals surface area contributed by atoms with Gasteiger partial charge in [0, 0.05) is 25.5 Å². The summed E-state index contributed by atoms with van der Waals surface area (Å²) >= 11 is 0. The molecule has 0 bridgehead atoms. The number of nitrogens with one attached hydrogen (secondary N) is 1. The van der Waals surface area contributed by atoms with Gasteiger partial charge >= 0.3 is 0 Å². The van der Waals surface area contributed by atoms with E-state index in [0.717, 1.165) is 0 Å². The third-order valence-corrected chi connectivity index (χ3v) is 3.04. The van der Waals surface area contributed by atoms with Crippen molar-refractivity contribution in [2.45, 2.75) is 6.54 Å². The lowest BCUT2D eigenvalue weighted by Crippen LogP contribution is -2.26. The van der Waals surface area contributed by atoms with Gasteiger partial charge in [-0.2, -0.15) is 0 Å². The van der Waals surface area contributed by atoms with Crippen molar-refractivity contribution >= 4 is 5.91 Å². The van der Waals surface area contributed by atoms with E-state index in [1.165, 1.54) is 4.90 Å². The number of hydrogen-bond acceptors (Lipinski definition) is 4. The van der Waals surface area contributed by atoms with Crippen LogP contribution in [0.3, 0.4) is 0 Å². The van der Waals surface area contributed by atoms with Crippen LogP contribution in [0.25, 0.3) is 0 Å². The first-order valence-corrected chi connectivity index (χ1v) is 6.79. The molecule has 6 heteroatoms. The zero-order chi connectivity index (χ0) is 15.4. The van der Waals surface area contributed by atoms with Crippen molar-refractivity contribution in [3.8, 4) is 11.7 Å². The number of imidazole rings is 1. The smallest absolute Gasteiger partial charge is 0.290 e. The number of aromatic amines is 1. The van der Waals surface area contributed by atoms with Crippen molar-refractivity contribution in [1.82, 2.24) is 14.9 Å². The van der Waals surface area contributed by atoms with Crippen LogP contribution < -0.4 is 4.74 Å². The number of carbonyl (C=O) groups is 1. The largest absolute Gasteiger partial charge is 0.426 e. The first-order valence-electron chi connectivity index (χ1n) is 6.79.